The summed E-state index contributed by atoms with van der Waals surface area (Å²) in [6.07, 6.45) is 1.69. The van der Waals surface area contributed by atoms with Gasteiger partial charge in [0.05, 0.1) is 4.47 Å². The van der Waals surface area contributed by atoms with E-state index in [1.165, 1.54) is 6.07 Å². The van der Waals surface area contributed by atoms with Crippen molar-refractivity contribution in [1.29, 1.82) is 0 Å². The average molecular weight is 365 g/mol. The molecule has 3 aromatic rings. The number of benzene rings is 1. The van der Waals surface area contributed by atoms with Crippen molar-refractivity contribution in [3.63, 3.8) is 0 Å². The fraction of sp³-hybridized carbons (Fsp3) is 0.0714. The summed E-state index contributed by atoms with van der Waals surface area (Å²) in [7, 11) is 0. The van der Waals surface area contributed by atoms with Gasteiger partial charge in [-0.25, -0.2) is 4.39 Å². The predicted molar refractivity (Wildman–Crippen MR) is 80.0 cm³/mol. The highest BCUT2D eigenvalue weighted by Gasteiger charge is 2.15. The minimum atomic E-state index is -0.473. The molecule has 112 valence electrons. The molecule has 0 atom stereocenters. The van der Waals surface area contributed by atoms with E-state index >= 15 is 0 Å². The lowest BCUT2D eigenvalue weighted by Gasteiger charge is -2.02. The summed E-state index contributed by atoms with van der Waals surface area (Å²) in [6.45, 7) is 0.0160. The number of aromatic nitrogens is 3. The van der Waals surface area contributed by atoms with Gasteiger partial charge in [0.15, 0.2) is 0 Å². The quantitative estimate of drug-likeness (QED) is 0.770. The second-order valence-corrected chi connectivity index (χ2v) is 5.39. The molecule has 0 spiro atoms. The van der Waals surface area contributed by atoms with Gasteiger partial charge in [0.2, 0.25) is 11.7 Å². The second-order valence-electron chi connectivity index (χ2n) is 4.54. The Bertz CT molecular complexity index is 843. The molecule has 0 radical (unpaired) electrons. The van der Waals surface area contributed by atoms with E-state index in [1.807, 2.05) is 0 Å². The molecule has 8 heteroatoms. The number of nitrogens with zero attached hydrogens (tertiary/aromatic N) is 3. The molecule has 22 heavy (non-hydrogen) atoms. The minimum Gasteiger partial charge on any atom is -0.368 e. The lowest BCUT2D eigenvalue weighted by molar-refractivity contribution is -0.118. The van der Waals surface area contributed by atoms with Gasteiger partial charge in [-0.1, -0.05) is 5.16 Å². The molecule has 6 nitrogen and oxygen atoms in total. The standard InChI is InChI=1S/C14H10BrFN4O2/c15-9-6-8(3-4-10(9)16)13-18-14(22-19-13)11-2-1-5-20(11)7-12(17)21/h1-6H,7H2,(H2,17,21). The highest BCUT2D eigenvalue weighted by molar-refractivity contribution is 9.10. The Labute approximate surface area is 132 Å². The van der Waals surface area contributed by atoms with Crippen LogP contribution in [0.2, 0.25) is 0 Å². The van der Waals surface area contributed by atoms with Gasteiger partial charge < -0.3 is 14.8 Å². The predicted octanol–water partition coefficient (Wildman–Crippen LogP) is 2.59. The van der Waals surface area contributed by atoms with E-state index < -0.39 is 5.91 Å². The number of hydrogen-bond acceptors (Lipinski definition) is 4. The Morgan fingerprint density at radius 3 is 2.95 bits per heavy atom. The molecule has 0 unspecified atom stereocenters. The number of nitrogens with two attached hydrogens (primary N) is 1. The number of carbonyl (C=O) groups excluding carboxylic acids is 1. The van der Waals surface area contributed by atoms with E-state index in [-0.39, 0.29) is 18.3 Å². The van der Waals surface area contributed by atoms with Gasteiger partial charge in [0, 0.05) is 11.8 Å². The van der Waals surface area contributed by atoms with Crippen molar-refractivity contribution in [3.05, 3.63) is 46.8 Å². The number of amides is 1. The molecule has 1 amide bonds. The molecule has 2 heterocycles. The van der Waals surface area contributed by atoms with Gasteiger partial charge in [-0.3, -0.25) is 4.79 Å². The summed E-state index contributed by atoms with van der Waals surface area (Å²) in [5.41, 5.74) is 6.38. The maximum atomic E-state index is 13.3. The maximum absolute atomic E-state index is 13.3. The Morgan fingerprint density at radius 2 is 2.23 bits per heavy atom. The van der Waals surface area contributed by atoms with Crippen molar-refractivity contribution in [2.45, 2.75) is 6.54 Å². The van der Waals surface area contributed by atoms with Crippen molar-refractivity contribution in [3.8, 4) is 23.0 Å². The summed E-state index contributed by atoms with van der Waals surface area (Å²) >= 11 is 3.11. The van der Waals surface area contributed by atoms with Crippen LogP contribution >= 0.6 is 15.9 Å². The van der Waals surface area contributed by atoms with Crippen LogP contribution in [0.5, 0.6) is 0 Å². The van der Waals surface area contributed by atoms with E-state index in [2.05, 4.69) is 26.1 Å². The third-order valence-electron chi connectivity index (χ3n) is 2.98. The highest BCUT2D eigenvalue weighted by Crippen LogP contribution is 2.26. The lowest BCUT2D eigenvalue weighted by atomic mass is 10.2. The van der Waals surface area contributed by atoms with Gasteiger partial charge in [-0.15, -0.1) is 0 Å². The van der Waals surface area contributed by atoms with Gasteiger partial charge in [-0.05, 0) is 46.3 Å². The van der Waals surface area contributed by atoms with Crippen LogP contribution < -0.4 is 5.73 Å². The Hall–Kier alpha value is -2.48. The molecule has 1 aromatic carbocycles. The third-order valence-corrected chi connectivity index (χ3v) is 3.59. The van der Waals surface area contributed by atoms with Crippen molar-refractivity contribution >= 4 is 21.8 Å². The van der Waals surface area contributed by atoms with Gasteiger partial charge in [0.1, 0.15) is 18.1 Å². The zero-order valence-corrected chi connectivity index (χ0v) is 12.7. The third kappa shape index (κ3) is 2.77. The second kappa shape index (κ2) is 5.72. The molecule has 0 aliphatic heterocycles. The Balaban J connectivity index is 1.95. The topological polar surface area (TPSA) is 86.9 Å². The SMILES string of the molecule is NC(=O)Cn1cccc1-c1nc(-c2ccc(F)c(Br)c2)no1. The normalized spacial score (nSPS) is 10.8. The molecule has 0 saturated heterocycles. The first-order valence-electron chi connectivity index (χ1n) is 6.27. The monoisotopic (exact) mass is 364 g/mol. The molecule has 3 rings (SSSR count). The smallest absolute Gasteiger partial charge is 0.274 e. The first-order valence-corrected chi connectivity index (χ1v) is 7.07. The van der Waals surface area contributed by atoms with Crippen molar-refractivity contribution < 1.29 is 13.7 Å². The van der Waals surface area contributed by atoms with Crippen LogP contribution in [0.4, 0.5) is 4.39 Å². The van der Waals surface area contributed by atoms with Crippen LogP contribution in [0.15, 0.2) is 45.5 Å². The van der Waals surface area contributed by atoms with E-state index in [4.69, 9.17) is 10.3 Å². The number of primary amides is 1. The summed E-state index contributed by atoms with van der Waals surface area (Å²) in [4.78, 5) is 15.3. The fourth-order valence-electron chi connectivity index (χ4n) is 1.99. The number of hydrogen-bond donors (Lipinski definition) is 1. The minimum absolute atomic E-state index is 0.0160. The molecule has 0 aliphatic carbocycles. The van der Waals surface area contributed by atoms with Crippen molar-refractivity contribution in [2.24, 2.45) is 5.73 Å². The van der Waals surface area contributed by atoms with Crippen LogP contribution in [0, 0.1) is 5.82 Å². The molecule has 0 saturated carbocycles. The molecular formula is C14H10BrFN4O2. The summed E-state index contributed by atoms with van der Waals surface area (Å²) in [5.74, 6) is -0.272. The van der Waals surface area contributed by atoms with E-state index in [1.54, 1.807) is 35.0 Å². The zero-order chi connectivity index (χ0) is 15.7. The zero-order valence-electron chi connectivity index (χ0n) is 11.2. The largest absolute Gasteiger partial charge is 0.368 e. The molecule has 0 bridgehead atoms. The maximum Gasteiger partial charge on any atom is 0.274 e. The first-order chi connectivity index (χ1) is 10.5. The van der Waals surface area contributed by atoms with Crippen LogP contribution in [0.25, 0.3) is 23.0 Å². The van der Waals surface area contributed by atoms with Crippen molar-refractivity contribution in [2.75, 3.05) is 0 Å². The van der Waals surface area contributed by atoms with Crippen molar-refractivity contribution in [1.82, 2.24) is 14.7 Å². The van der Waals surface area contributed by atoms with Crippen LogP contribution in [0.1, 0.15) is 0 Å². The molecule has 0 fully saturated rings. The molecule has 0 aliphatic rings. The van der Waals surface area contributed by atoms with E-state index in [0.29, 0.717) is 21.6 Å². The summed E-state index contributed by atoms with van der Waals surface area (Å²) < 4.78 is 20.4. The van der Waals surface area contributed by atoms with E-state index in [0.717, 1.165) is 0 Å². The number of rotatable bonds is 4. The van der Waals surface area contributed by atoms with Gasteiger partial charge in [0.25, 0.3) is 5.89 Å². The van der Waals surface area contributed by atoms with Crippen LogP contribution in [0.3, 0.4) is 0 Å². The highest BCUT2D eigenvalue weighted by atomic mass is 79.9. The van der Waals surface area contributed by atoms with Crippen LogP contribution in [-0.4, -0.2) is 20.6 Å². The number of halogens is 2. The lowest BCUT2D eigenvalue weighted by Crippen LogP contribution is -2.18. The van der Waals surface area contributed by atoms with Gasteiger partial charge in [-0.2, -0.15) is 4.98 Å². The summed E-state index contributed by atoms with van der Waals surface area (Å²) in [5, 5.41) is 3.87. The van der Waals surface area contributed by atoms with E-state index in [9.17, 15) is 9.18 Å². The summed E-state index contributed by atoms with van der Waals surface area (Å²) in [6, 6.07) is 7.91. The molecule has 2 aromatic heterocycles. The molecule has 2 N–H and O–H groups in total. The number of carbonyl (C=O) groups is 1. The van der Waals surface area contributed by atoms with Crippen LogP contribution in [-0.2, 0) is 11.3 Å². The molecular weight excluding hydrogens is 355 g/mol. The average Bonchev–Trinajstić information content (AvgIpc) is 3.09. The Kier molecular flexibility index (Phi) is 3.76. The van der Waals surface area contributed by atoms with Gasteiger partial charge >= 0.3 is 0 Å². The Morgan fingerprint density at radius 1 is 1.41 bits per heavy atom. The first kappa shape index (κ1) is 14.5. The fourth-order valence-corrected chi connectivity index (χ4v) is 2.37.